The van der Waals surface area contributed by atoms with Crippen LogP contribution in [-0.2, 0) is 9.59 Å². The lowest BCUT2D eigenvalue weighted by atomic mass is 10.1. The highest BCUT2D eigenvalue weighted by molar-refractivity contribution is 5.78. The number of hydrogen-bond acceptors (Lipinski definition) is 4. The van der Waals surface area contributed by atoms with Crippen LogP contribution in [0.2, 0.25) is 0 Å². The normalized spacial score (nSPS) is 24.1. The molecule has 0 unspecified atom stereocenters. The van der Waals surface area contributed by atoms with E-state index >= 15 is 0 Å². The average Bonchev–Trinajstić information content (AvgIpc) is 2.86. The molecule has 2 amide bonds. The molecule has 0 aromatic rings. The topological polar surface area (TPSA) is 47.1 Å². The predicted molar refractivity (Wildman–Crippen MR) is 117 cm³/mol. The molecule has 0 radical (unpaired) electrons. The summed E-state index contributed by atoms with van der Waals surface area (Å²) < 4.78 is 0. The third-order valence-electron chi connectivity index (χ3n) is 6.82. The molecule has 3 aliphatic heterocycles. The van der Waals surface area contributed by atoms with Gasteiger partial charge in [-0.05, 0) is 45.2 Å². The lowest BCUT2D eigenvalue weighted by Gasteiger charge is -2.29. The second-order valence-electron chi connectivity index (χ2n) is 9.20. The molecule has 6 heteroatoms. The standard InChI is InChI=1S/C23H42N4O2/c28-22(26-14-7-3-1-4-8-15-26)20-24-12-11-13-25(19-18-24)21-23(29)27-16-9-5-2-6-10-17-27/h1-21H2. The Balaban J connectivity index is 1.41. The molecule has 0 N–H and O–H groups in total. The lowest BCUT2D eigenvalue weighted by Crippen LogP contribution is -2.44. The number of amides is 2. The maximum absolute atomic E-state index is 12.8. The molecule has 3 heterocycles. The summed E-state index contributed by atoms with van der Waals surface area (Å²) in [6.45, 7) is 8.56. The van der Waals surface area contributed by atoms with E-state index in [1.54, 1.807) is 0 Å². The molecule has 0 atom stereocenters. The Labute approximate surface area is 177 Å². The van der Waals surface area contributed by atoms with Gasteiger partial charge in [-0.3, -0.25) is 19.4 Å². The van der Waals surface area contributed by atoms with Crippen molar-refractivity contribution in [1.29, 1.82) is 0 Å². The van der Waals surface area contributed by atoms with Gasteiger partial charge in [0.05, 0.1) is 13.1 Å². The SMILES string of the molecule is O=C(CN1CCCN(CC(=O)N2CCCCCCC2)CC1)N1CCCCCCC1. The highest BCUT2D eigenvalue weighted by Crippen LogP contribution is 2.13. The van der Waals surface area contributed by atoms with Crippen molar-refractivity contribution < 1.29 is 9.59 Å². The first-order valence-corrected chi connectivity index (χ1v) is 12.2. The first-order valence-electron chi connectivity index (χ1n) is 12.2. The Morgan fingerprint density at radius 2 is 0.759 bits per heavy atom. The fraction of sp³-hybridized carbons (Fsp3) is 0.913. The van der Waals surface area contributed by atoms with E-state index in [9.17, 15) is 9.59 Å². The minimum Gasteiger partial charge on any atom is -0.342 e. The van der Waals surface area contributed by atoms with Gasteiger partial charge in [-0.15, -0.1) is 0 Å². The molecule has 0 aromatic heterocycles. The molecule has 6 nitrogen and oxygen atoms in total. The zero-order chi connectivity index (χ0) is 20.3. The predicted octanol–water partition coefficient (Wildman–Crippen LogP) is 2.58. The van der Waals surface area contributed by atoms with E-state index < -0.39 is 0 Å². The summed E-state index contributed by atoms with van der Waals surface area (Å²) in [5.74, 6) is 0.606. The van der Waals surface area contributed by atoms with Crippen LogP contribution in [0, 0.1) is 0 Å². The van der Waals surface area contributed by atoms with E-state index in [4.69, 9.17) is 0 Å². The van der Waals surface area contributed by atoms with Gasteiger partial charge in [-0.1, -0.05) is 38.5 Å². The molecule has 3 saturated heterocycles. The minimum atomic E-state index is 0.303. The van der Waals surface area contributed by atoms with E-state index in [2.05, 4.69) is 19.6 Å². The number of rotatable bonds is 4. The molecule has 0 bridgehead atoms. The average molecular weight is 407 g/mol. The largest absolute Gasteiger partial charge is 0.342 e. The highest BCUT2D eigenvalue weighted by atomic mass is 16.2. The zero-order valence-corrected chi connectivity index (χ0v) is 18.5. The number of likely N-dealkylation sites (tertiary alicyclic amines) is 2. The number of carbonyl (C=O) groups is 2. The smallest absolute Gasteiger partial charge is 0.236 e. The Hall–Kier alpha value is -1.14. The quantitative estimate of drug-likeness (QED) is 0.720. The molecular weight excluding hydrogens is 364 g/mol. The maximum atomic E-state index is 12.8. The van der Waals surface area contributed by atoms with Gasteiger partial charge in [0.15, 0.2) is 0 Å². The third-order valence-corrected chi connectivity index (χ3v) is 6.82. The van der Waals surface area contributed by atoms with Crippen molar-refractivity contribution in [3.63, 3.8) is 0 Å². The summed E-state index contributed by atoms with van der Waals surface area (Å²) in [5.41, 5.74) is 0. The second kappa shape index (κ2) is 12.5. The van der Waals surface area contributed by atoms with E-state index in [1.165, 1.54) is 38.5 Å². The first-order chi connectivity index (χ1) is 14.2. The Morgan fingerprint density at radius 3 is 1.14 bits per heavy atom. The molecule has 3 aliphatic rings. The lowest BCUT2D eigenvalue weighted by molar-refractivity contribution is -0.134. The van der Waals surface area contributed by atoms with E-state index in [0.29, 0.717) is 24.9 Å². The molecule has 0 spiro atoms. The van der Waals surface area contributed by atoms with Crippen molar-refractivity contribution in [3.05, 3.63) is 0 Å². The van der Waals surface area contributed by atoms with Gasteiger partial charge in [-0.2, -0.15) is 0 Å². The van der Waals surface area contributed by atoms with Crippen molar-refractivity contribution >= 4 is 11.8 Å². The third kappa shape index (κ3) is 7.89. The van der Waals surface area contributed by atoms with Gasteiger partial charge in [0.25, 0.3) is 0 Å². The molecular formula is C23H42N4O2. The van der Waals surface area contributed by atoms with Crippen LogP contribution in [0.25, 0.3) is 0 Å². The molecule has 3 rings (SSSR count). The maximum Gasteiger partial charge on any atom is 0.236 e. The molecule has 0 saturated carbocycles. The molecule has 0 aliphatic carbocycles. The van der Waals surface area contributed by atoms with Crippen molar-refractivity contribution in [2.75, 3.05) is 65.4 Å². The van der Waals surface area contributed by atoms with Gasteiger partial charge in [0, 0.05) is 39.3 Å². The molecule has 166 valence electrons. The van der Waals surface area contributed by atoms with Gasteiger partial charge in [0.1, 0.15) is 0 Å². The van der Waals surface area contributed by atoms with Crippen molar-refractivity contribution in [1.82, 2.24) is 19.6 Å². The van der Waals surface area contributed by atoms with Crippen LogP contribution >= 0.6 is 0 Å². The Bertz CT molecular complexity index is 453. The monoisotopic (exact) mass is 406 g/mol. The van der Waals surface area contributed by atoms with Crippen LogP contribution in [0.3, 0.4) is 0 Å². The summed E-state index contributed by atoms with van der Waals surface area (Å²) in [4.78, 5) is 34.4. The number of nitrogens with zero attached hydrogens (tertiary/aromatic N) is 4. The van der Waals surface area contributed by atoms with E-state index in [0.717, 1.165) is 84.5 Å². The molecule has 29 heavy (non-hydrogen) atoms. The van der Waals surface area contributed by atoms with E-state index in [1.807, 2.05) is 0 Å². The van der Waals surface area contributed by atoms with Gasteiger partial charge >= 0.3 is 0 Å². The van der Waals surface area contributed by atoms with Crippen LogP contribution < -0.4 is 0 Å². The Morgan fingerprint density at radius 1 is 0.414 bits per heavy atom. The van der Waals surface area contributed by atoms with Gasteiger partial charge < -0.3 is 9.80 Å². The van der Waals surface area contributed by atoms with Crippen LogP contribution in [-0.4, -0.2) is 96.9 Å². The minimum absolute atomic E-state index is 0.303. The van der Waals surface area contributed by atoms with Crippen LogP contribution in [0.5, 0.6) is 0 Å². The van der Waals surface area contributed by atoms with Crippen molar-refractivity contribution in [2.45, 2.75) is 70.6 Å². The first kappa shape index (κ1) is 22.5. The fourth-order valence-corrected chi connectivity index (χ4v) is 4.92. The summed E-state index contributed by atoms with van der Waals surface area (Å²) >= 11 is 0. The molecule has 0 aromatic carbocycles. The van der Waals surface area contributed by atoms with Crippen molar-refractivity contribution in [3.8, 4) is 0 Å². The van der Waals surface area contributed by atoms with Crippen LogP contribution in [0.1, 0.15) is 70.6 Å². The highest BCUT2D eigenvalue weighted by Gasteiger charge is 2.23. The summed E-state index contributed by atoms with van der Waals surface area (Å²) in [5, 5.41) is 0. The van der Waals surface area contributed by atoms with E-state index in [-0.39, 0.29) is 0 Å². The fourth-order valence-electron chi connectivity index (χ4n) is 4.92. The van der Waals surface area contributed by atoms with Gasteiger partial charge in [0.2, 0.25) is 11.8 Å². The van der Waals surface area contributed by atoms with Gasteiger partial charge in [-0.25, -0.2) is 0 Å². The van der Waals surface area contributed by atoms with Crippen LogP contribution in [0.4, 0.5) is 0 Å². The van der Waals surface area contributed by atoms with Crippen molar-refractivity contribution in [2.24, 2.45) is 0 Å². The number of hydrogen-bond donors (Lipinski definition) is 0. The second-order valence-corrected chi connectivity index (χ2v) is 9.20. The summed E-state index contributed by atoms with van der Waals surface area (Å²) in [6, 6.07) is 0. The molecule has 3 fully saturated rings. The number of carbonyl (C=O) groups excluding carboxylic acids is 2. The summed E-state index contributed by atoms with van der Waals surface area (Å²) in [6.07, 6.45) is 13.3. The Kier molecular flexibility index (Phi) is 9.74. The summed E-state index contributed by atoms with van der Waals surface area (Å²) in [7, 11) is 0. The zero-order valence-electron chi connectivity index (χ0n) is 18.5. The van der Waals surface area contributed by atoms with Crippen LogP contribution in [0.15, 0.2) is 0 Å².